The fourth-order valence-electron chi connectivity index (χ4n) is 2.73. The number of rotatable bonds is 0. The average Bonchev–Trinajstić information content (AvgIpc) is 2.86. The molecule has 5 heteroatoms. The van der Waals surface area contributed by atoms with Crippen LogP contribution in [-0.2, 0) is 0 Å². The largest absolute Gasteiger partial charge is 0.486 e. The van der Waals surface area contributed by atoms with Crippen LogP contribution in [0.3, 0.4) is 0 Å². The van der Waals surface area contributed by atoms with Gasteiger partial charge in [0.2, 0.25) is 0 Å². The Kier molecular flexibility index (Phi) is 1.98. The molecule has 0 radical (unpaired) electrons. The van der Waals surface area contributed by atoms with Gasteiger partial charge in [-0.1, -0.05) is 0 Å². The molecule has 1 saturated heterocycles. The summed E-state index contributed by atoms with van der Waals surface area (Å²) in [6.07, 6.45) is 1.80. The molecule has 1 atom stereocenters. The number of hydrogen-bond acceptors (Lipinski definition) is 4. The predicted molar refractivity (Wildman–Crippen MR) is 62.1 cm³/mol. The Morgan fingerprint density at radius 2 is 1.89 bits per heavy atom. The second-order valence-corrected chi connectivity index (χ2v) is 4.71. The summed E-state index contributed by atoms with van der Waals surface area (Å²) in [6.45, 7) is 1.83. The SMILES string of the molecule is O=C1c2cc3c(cc2O[C@H]2CCCN12)OCCO3. The first-order valence-corrected chi connectivity index (χ1v) is 6.24. The summed E-state index contributed by atoms with van der Waals surface area (Å²) in [5, 5.41) is 0. The highest BCUT2D eigenvalue weighted by molar-refractivity contribution is 5.99. The van der Waals surface area contributed by atoms with Crippen LogP contribution < -0.4 is 14.2 Å². The monoisotopic (exact) mass is 247 g/mol. The minimum atomic E-state index is -0.104. The lowest BCUT2D eigenvalue weighted by molar-refractivity contribution is 0.0289. The highest BCUT2D eigenvalue weighted by Crippen LogP contribution is 2.41. The van der Waals surface area contributed by atoms with Crippen molar-refractivity contribution in [1.29, 1.82) is 0 Å². The lowest BCUT2D eigenvalue weighted by Crippen LogP contribution is -2.43. The van der Waals surface area contributed by atoms with Crippen molar-refractivity contribution < 1.29 is 19.0 Å². The third kappa shape index (κ3) is 1.30. The molecule has 94 valence electrons. The zero-order valence-electron chi connectivity index (χ0n) is 9.85. The third-order valence-electron chi connectivity index (χ3n) is 3.60. The van der Waals surface area contributed by atoms with E-state index in [-0.39, 0.29) is 12.1 Å². The van der Waals surface area contributed by atoms with Crippen molar-refractivity contribution in [3.63, 3.8) is 0 Å². The molecule has 18 heavy (non-hydrogen) atoms. The average molecular weight is 247 g/mol. The molecule has 0 N–H and O–H groups in total. The molecule has 5 nitrogen and oxygen atoms in total. The van der Waals surface area contributed by atoms with Crippen LogP contribution in [0.25, 0.3) is 0 Å². The second kappa shape index (κ2) is 3.54. The van der Waals surface area contributed by atoms with Crippen molar-refractivity contribution in [3.8, 4) is 17.2 Å². The summed E-state index contributed by atoms with van der Waals surface area (Å²) in [6, 6.07) is 3.51. The summed E-state index contributed by atoms with van der Waals surface area (Å²) in [7, 11) is 0. The molecule has 1 fully saturated rings. The third-order valence-corrected chi connectivity index (χ3v) is 3.60. The molecule has 4 rings (SSSR count). The standard InChI is InChI=1S/C13H13NO4/c15-13-8-6-10-11(17-5-4-16-10)7-9(8)18-12-2-1-3-14(12)13/h6-7,12H,1-5H2/t12-/m0/s1. The molecule has 1 aromatic rings. The van der Waals surface area contributed by atoms with E-state index in [9.17, 15) is 4.79 Å². The Labute approximate surface area is 104 Å². The van der Waals surface area contributed by atoms with Crippen LogP contribution in [0.15, 0.2) is 12.1 Å². The number of nitrogens with zero attached hydrogens (tertiary/aromatic N) is 1. The van der Waals surface area contributed by atoms with E-state index in [1.165, 1.54) is 0 Å². The van der Waals surface area contributed by atoms with Gasteiger partial charge in [0, 0.05) is 25.1 Å². The smallest absolute Gasteiger partial charge is 0.260 e. The fraction of sp³-hybridized carbons (Fsp3) is 0.462. The summed E-state index contributed by atoms with van der Waals surface area (Å²) in [5.41, 5.74) is 0.581. The molecule has 0 spiro atoms. The molecule has 3 heterocycles. The second-order valence-electron chi connectivity index (χ2n) is 4.71. The maximum atomic E-state index is 12.3. The van der Waals surface area contributed by atoms with E-state index in [0.717, 1.165) is 19.4 Å². The first kappa shape index (κ1) is 10.1. The van der Waals surface area contributed by atoms with Gasteiger partial charge in [-0.15, -0.1) is 0 Å². The van der Waals surface area contributed by atoms with Gasteiger partial charge in [0.05, 0.1) is 5.56 Å². The van der Waals surface area contributed by atoms with Crippen LogP contribution in [0.1, 0.15) is 23.2 Å². The van der Waals surface area contributed by atoms with Crippen LogP contribution in [-0.4, -0.2) is 36.8 Å². The molecule has 1 amide bonds. The Bertz CT molecular complexity index is 528. The maximum Gasteiger partial charge on any atom is 0.260 e. The van der Waals surface area contributed by atoms with E-state index in [2.05, 4.69) is 0 Å². The minimum absolute atomic E-state index is 0.0377. The normalized spacial score (nSPS) is 24.3. The Balaban J connectivity index is 1.81. The number of hydrogen-bond donors (Lipinski definition) is 0. The molecule has 0 aliphatic carbocycles. The van der Waals surface area contributed by atoms with Crippen molar-refractivity contribution >= 4 is 5.91 Å². The van der Waals surface area contributed by atoms with Crippen molar-refractivity contribution in [2.45, 2.75) is 19.1 Å². The number of carbonyl (C=O) groups is 1. The van der Waals surface area contributed by atoms with E-state index in [1.807, 2.05) is 0 Å². The van der Waals surface area contributed by atoms with Gasteiger partial charge in [-0.05, 0) is 6.42 Å². The predicted octanol–water partition coefficient (Wildman–Crippen LogP) is 1.41. The highest BCUT2D eigenvalue weighted by atomic mass is 16.6. The number of amides is 1. The Hall–Kier alpha value is -1.91. The first-order valence-electron chi connectivity index (χ1n) is 6.24. The van der Waals surface area contributed by atoms with Crippen molar-refractivity contribution in [2.75, 3.05) is 19.8 Å². The summed E-state index contributed by atoms with van der Waals surface area (Å²) in [5.74, 6) is 1.96. The number of carbonyl (C=O) groups excluding carboxylic acids is 1. The zero-order valence-corrected chi connectivity index (χ0v) is 9.85. The molecule has 3 aliphatic heterocycles. The van der Waals surface area contributed by atoms with E-state index >= 15 is 0 Å². The molecule has 0 saturated carbocycles. The molecule has 3 aliphatic rings. The zero-order chi connectivity index (χ0) is 12.1. The van der Waals surface area contributed by atoms with Crippen LogP contribution in [0, 0.1) is 0 Å². The van der Waals surface area contributed by atoms with Gasteiger partial charge < -0.3 is 19.1 Å². The number of ether oxygens (including phenoxy) is 3. The lowest BCUT2D eigenvalue weighted by Gasteiger charge is -2.32. The summed E-state index contributed by atoms with van der Waals surface area (Å²) >= 11 is 0. The minimum Gasteiger partial charge on any atom is -0.486 e. The highest BCUT2D eigenvalue weighted by Gasteiger charge is 2.38. The van der Waals surface area contributed by atoms with Gasteiger partial charge in [0.25, 0.3) is 5.91 Å². The number of benzene rings is 1. The van der Waals surface area contributed by atoms with E-state index in [0.29, 0.717) is 36.0 Å². The van der Waals surface area contributed by atoms with Crippen LogP contribution >= 0.6 is 0 Å². The summed E-state index contributed by atoms with van der Waals surface area (Å²) < 4.78 is 16.9. The van der Waals surface area contributed by atoms with E-state index < -0.39 is 0 Å². The molecular formula is C13H13NO4. The number of fused-ring (bicyclic) bond motifs is 3. The van der Waals surface area contributed by atoms with Gasteiger partial charge in [-0.25, -0.2) is 0 Å². The van der Waals surface area contributed by atoms with Crippen molar-refractivity contribution in [1.82, 2.24) is 4.90 Å². The van der Waals surface area contributed by atoms with Crippen LogP contribution in [0.4, 0.5) is 0 Å². The maximum absolute atomic E-state index is 12.3. The molecule has 0 bridgehead atoms. The van der Waals surface area contributed by atoms with E-state index in [4.69, 9.17) is 14.2 Å². The lowest BCUT2D eigenvalue weighted by atomic mass is 10.1. The molecule has 0 unspecified atom stereocenters. The fourth-order valence-corrected chi connectivity index (χ4v) is 2.73. The van der Waals surface area contributed by atoms with Crippen molar-refractivity contribution in [3.05, 3.63) is 17.7 Å². The molecule has 1 aromatic carbocycles. The Morgan fingerprint density at radius 1 is 1.11 bits per heavy atom. The topological polar surface area (TPSA) is 48.0 Å². The first-order chi connectivity index (χ1) is 8.83. The van der Waals surface area contributed by atoms with Gasteiger partial charge >= 0.3 is 0 Å². The quantitative estimate of drug-likeness (QED) is 0.695. The Morgan fingerprint density at radius 3 is 2.72 bits per heavy atom. The van der Waals surface area contributed by atoms with E-state index in [1.54, 1.807) is 17.0 Å². The van der Waals surface area contributed by atoms with Gasteiger partial charge in [-0.3, -0.25) is 4.79 Å². The van der Waals surface area contributed by atoms with Crippen molar-refractivity contribution in [2.24, 2.45) is 0 Å². The molecular weight excluding hydrogens is 234 g/mol. The van der Waals surface area contributed by atoms with Gasteiger partial charge in [-0.2, -0.15) is 0 Å². The van der Waals surface area contributed by atoms with Crippen LogP contribution in [0.2, 0.25) is 0 Å². The van der Waals surface area contributed by atoms with Gasteiger partial charge in [0.15, 0.2) is 17.7 Å². The molecule has 0 aromatic heterocycles. The van der Waals surface area contributed by atoms with Crippen LogP contribution in [0.5, 0.6) is 17.2 Å². The van der Waals surface area contributed by atoms with Gasteiger partial charge in [0.1, 0.15) is 19.0 Å². The summed E-state index contributed by atoms with van der Waals surface area (Å²) in [4.78, 5) is 14.1.